The first-order valence-corrected chi connectivity index (χ1v) is 8.12. The van der Waals surface area contributed by atoms with E-state index >= 15 is 0 Å². The van der Waals surface area contributed by atoms with Crippen LogP contribution in [0.3, 0.4) is 0 Å². The summed E-state index contributed by atoms with van der Waals surface area (Å²) < 4.78 is 5.09. The number of hydrogen-bond donors (Lipinski definition) is 2. The maximum atomic E-state index is 12.1. The van der Waals surface area contributed by atoms with Crippen LogP contribution in [0.15, 0.2) is 54.2 Å². The lowest BCUT2D eigenvalue weighted by Gasteiger charge is -2.03. The Morgan fingerprint density at radius 1 is 1.12 bits per heavy atom. The minimum absolute atomic E-state index is 0.249. The fourth-order valence-corrected chi connectivity index (χ4v) is 2.72. The van der Waals surface area contributed by atoms with Crippen molar-refractivity contribution in [1.29, 1.82) is 0 Å². The van der Waals surface area contributed by atoms with Gasteiger partial charge in [-0.3, -0.25) is 15.1 Å². The van der Waals surface area contributed by atoms with Crippen LogP contribution in [0.5, 0.6) is 5.75 Å². The number of aromatic nitrogens is 2. The van der Waals surface area contributed by atoms with E-state index in [1.807, 2.05) is 5.38 Å². The molecule has 2 N–H and O–H groups in total. The lowest BCUT2D eigenvalue weighted by atomic mass is 10.2. The summed E-state index contributed by atoms with van der Waals surface area (Å²) in [6.45, 7) is -0.388. The van der Waals surface area contributed by atoms with Gasteiger partial charge in [0.05, 0.1) is 5.69 Å². The van der Waals surface area contributed by atoms with E-state index in [-0.39, 0.29) is 12.5 Å². The molecule has 0 aliphatic heterocycles. The number of nitrogens with one attached hydrogen (secondary N) is 1. The molecule has 0 saturated carbocycles. The van der Waals surface area contributed by atoms with Crippen molar-refractivity contribution in [3.8, 4) is 17.0 Å². The molecular weight excluding hydrogens is 342 g/mol. The molecule has 0 saturated heterocycles. The third-order valence-electron chi connectivity index (χ3n) is 3.18. The third-order valence-corrected chi connectivity index (χ3v) is 3.94. The zero-order valence-corrected chi connectivity index (χ0v) is 13.7. The number of amides is 1. The number of benzene rings is 1. The summed E-state index contributed by atoms with van der Waals surface area (Å²) in [4.78, 5) is 30.8. The van der Waals surface area contributed by atoms with Gasteiger partial charge in [-0.2, -0.15) is 0 Å². The topological polar surface area (TPSA) is 101 Å². The lowest BCUT2D eigenvalue weighted by molar-refractivity contribution is -0.139. The Kier molecular flexibility index (Phi) is 5.00. The first kappa shape index (κ1) is 16.6. The van der Waals surface area contributed by atoms with Crippen molar-refractivity contribution >= 4 is 28.3 Å². The number of carboxylic acids is 1. The van der Waals surface area contributed by atoms with Gasteiger partial charge in [-0.05, 0) is 36.4 Å². The number of carbonyl (C=O) groups excluding carboxylic acids is 1. The average Bonchev–Trinajstić information content (AvgIpc) is 3.09. The van der Waals surface area contributed by atoms with Crippen LogP contribution in [-0.4, -0.2) is 33.6 Å². The molecule has 0 bridgehead atoms. The van der Waals surface area contributed by atoms with Crippen molar-refractivity contribution in [2.24, 2.45) is 0 Å². The molecule has 2 aromatic heterocycles. The van der Waals surface area contributed by atoms with Gasteiger partial charge in [-0.25, -0.2) is 9.78 Å². The molecule has 0 unspecified atom stereocenters. The van der Waals surface area contributed by atoms with Crippen LogP contribution < -0.4 is 10.1 Å². The predicted octanol–water partition coefficient (Wildman–Crippen LogP) is 2.92. The summed E-state index contributed by atoms with van der Waals surface area (Å²) in [5.74, 6) is -0.813. The molecule has 0 aliphatic rings. The minimum atomic E-state index is -1.03. The van der Waals surface area contributed by atoms with Crippen LogP contribution in [0.4, 0.5) is 5.13 Å². The number of carboxylic acid groups (broad SMARTS) is 1. The number of hydrogen-bond acceptors (Lipinski definition) is 6. The molecule has 0 radical (unpaired) electrons. The Balaban J connectivity index is 1.67. The van der Waals surface area contributed by atoms with Crippen LogP contribution in [0.25, 0.3) is 11.3 Å². The number of thiazole rings is 1. The SMILES string of the molecule is O=C(O)COc1ccc(-c2csc(NC(=O)c3ccncc3)n2)cc1. The first-order chi connectivity index (χ1) is 12.1. The summed E-state index contributed by atoms with van der Waals surface area (Å²) in [7, 11) is 0. The van der Waals surface area contributed by atoms with Crippen LogP contribution in [0.1, 0.15) is 10.4 Å². The number of anilines is 1. The molecule has 2 heterocycles. The van der Waals surface area contributed by atoms with Crippen molar-refractivity contribution in [2.45, 2.75) is 0 Å². The van der Waals surface area contributed by atoms with E-state index in [2.05, 4.69) is 15.3 Å². The van der Waals surface area contributed by atoms with Gasteiger partial charge in [0.2, 0.25) is 0 Å². The van der Waals surface area contributed by atoms with Crippen LogP contribution in [-0.2, 0) is 4.79 Å². The third kappa shape index (κ3) is 4.39. The second-order valence-corrected chi connectivity index (χ2v) is 5.79. The molecular formula is C17H13N3O4S. The van der Waals surface area contributed by atoms with Gasteiger partial charge in [0.1, 0.15) is 5.75 Å². The molecule has 0 atom stereocenters. The zero-order valence-electron chi connectivity index (χ0n) is 12.9. The van der Waals surface area contributed by atoms with Crippen molar-refractivity contribution in [3.63, 3.8) is 0 Å². The summed E-state index contributed by atoms with van der Waals surface area (Å²) in [6.07, 6.45) is 3.10. The molecule has 25 heavy (non-hydrogen) atoms. The van der Waals surface area contributed by atoms with Gasteiger partial charge >= 0.3 is 5.97 Å². The van der Waals surface area contributed by atoms with Gasteiger partial charge < -0.3 is 9.84 Å². The Morgan fingerprint density at radius 2 is 1.84 bits per heavy atom. The quantitative estimate of drug-likeness (QED) is 0.705. The molecule has 0 fully saturated rings. The molecule has 0 aliphatic carbocycles. The Labute approximate surface area is 147 Å². The number of aliphatic carboxylic acids is 1. The van der Waals surface area contributed by atoms with Crippen LogP contribution in [0, 0.1) is 0 Å². The standard InChI is InChI=1S/C17H13N3O4S/c21-15(22)9-24-13-3-1-11(2-4-13)14-10-25-17(19-14)20-16(23)12-5-7-18-8-6-12/h1-8,10H,9H2,(H,21,22)(H,19,20,23). The van der Waals surface area contributed by atoms with Crippen molar-refractivity contribution in [1.82, 2.24) is 9.97 Å². The van der Waals surface area contributed by atoms with Crippen LogP contribution in [0.2, 0.25) is 0 Å². The van der Waals surface area contributed by atoms with E-state index < -0.39 is 5.97 Å². The van der Waals surface area contributed by atoms with E-state index in [9.17, 15) is 9.59 Å². The number of pyridine rings is 1. The van der Waals surface area contributed by atoms with E-state index in [1.54, 1.807) is 48.8 Å². The Hall–Kier alpha value is -3.26. The summed E-state index contributed by atoms with van der Waals surface area (Å²) >= 11 is 1.32. The normalized spacial score (nSPS) is 10.2. The minimum Gasteiger partial charge on any atom is -0.482 e. The molecule has 0 spiro atoms. The van der Waals surface area contributed by atoms with Crippen molar-refractivity contribution in [2.75, 3.05) is 11.9 Å². The average molecular weight is 355 g/mol. The van der Waals surface area contributed by atoms with Gasteiger partial charge in [0, 0.05) is 28.9 Å². The first-order valence-electron chi connectivity index (χ1n) is 7.24. The number of nitrogens with zero attached hydrogens (tertiary/aromatic N) is 2. The Morgan fingerprint density at radius 3 is 2.52 bits per heavy atom. The molecule has 8 heteroatoms. The van der Waals surface area contributed by atoms with Crippen molar-refractivity contribution in [3.05, 3.63) is 59.7 Å². The fraction of sp³-hybridized carbons (Fsp3) is 0.0588. The molecule has 1 amide bonds. The van der Waals surface area contributed by atoms with E-state index in [0.29, 0.717) is 22.1 Å². The van der Waals surface area contributed by atoms with Gasteiger partial charge in [-0.15, -0.1) is 11.3 Å². The molecule has 7 nitrogen and oxygen atoms in total. The van der Waals surface area contributed by atoms with E-state index in [0.717, 1.165) is 5.56 Å². The fourth-order valence-electron chi connectivity index (χ4n) is 2.00. The summed E-state index contributed by atoms with van der Waals surface area (Å²) in [5, 5.41) is 13.7. The monoisotopic (exact) mass is 355 g/mol. The van der Waals surface area contributed by atoms with Crippen LogP contribution >= 0.6 is 11.3 Å². The molecule has 3 aromatic rings. The highest BCUT2D eigenvalue weighted by Gasteiger charge is 2.10. The van der Waals surface area contributed by atoms with Gasteiger partial charge in [-0.1, -0.05) is 0 Å². The van der Waals surface area contributed by atoms with Crippen molar-refractivity contribution < 1.29 is 19.4 Å². The molecule has 1 aromatic carbocycles. The number of carbonyl (C=O) groups is 2. The lowest BCUT2D eigenvalue weighted by Crippen LogP contribution is -2.11. The maximum Gasteiger partial charge on any atom is 0.341 e. The maximum absolute atomic E-state index is 12.1. The zero-order chi connectivity index (χ0) is 17.6. The van der Waals surface area contributed by atoms with Gasteiger partial charge in [0.15, 0.2) is 11.7 Å². The summed E-state index contributed by atoms with van der Waals surface area (Å²) in [6, 6.07) is 10.2. The largest absolute Gasteiger partial charge is 0.482 e. The Bertz CT molecular complexity index is 878. The highest BCUT2D eigenvalue weighted by Crippen LogP contribution is 2.26. The molecule has 126 valence electrons. The molecule has 3 rings (SSSR count). The second-order valence-electron chi connectivity index (χ2n) is 4.93. The smallest absolute Gasteiger partial charge is 0.341 e. The highest BCUT2D eigenvalue weighted by atomic mass is 32.1. The van der Waals surface area contributed by atoms with Gasteiger partial charge in [0.25, 0.3) is 5.91 Å². The van der Waals surface area contributed by atoms with E-state index in [4.69, 9.17) is 9.84 Å². The second kappa shape index (κ2) is 7.54. The van der Waals surface area contributed by atoms with E-state index in [1.165, 1.54) is 11.3 Å². The number of ether oxygens (including phenoxy) is 1. The highest BCUT2D eigenvalue weighted by molar-refractivity contribution is 7.14. The summed E-state index contributed by atoms with van der Waals surface area (Å²) in [5.41, 5.74) is 2.05. The number of rotatable bonds is 6. The predicted molar refractivity (Wildman–Crippen MR) is 92.9 cm³/mol.